The van der Waals surface area contributed by atoms with E-state index in [1.807, 2.05) is 4.90 Å². The molecule has 0 radical (unpaired) electrons. The smallest absolute Gasteiger partial charge is 0.222 e. The Balaban J connectivity index is 2.56. The van der Waals surface area contributed by atoms with Crippen molar-refractivity contribution in [1.82, 2.24) is 10.2 Å². The molecule has 1 aliphatic rings. The zero-order chi connectivity index (χ0) is 12.2. The van der Waals surface area contributed by atoms with Gasteiger partial charge in [-0.25, -0.2) is 0 Å². The first-order valence-corrected chi connectivity index (χ1v) is 6.46. The number of likely N-dealkylation sites (tertiary alicyclic amines) is 1. The maximum absolute atomic E-state index is 11.8. The Bertz CT molecular complexity index is 233. The van der Waals surface area contributed by atoms with Gasteiger partial charge in [0.1, 0.15) is 0 Å². The Kier molecular flexibility index (Phi) is 4.78. The lowest BCUT2D eigenvalue weighted by atomic mass is 9.86. The van der Waals surface area contributed by atoms with Gasteiger partial charge in [-0.05, 0) is 24.8 Å². The fourth-order valence-corrected chi connectivity index (χ4v) is 2.17. The minimum absolute atomic E-state index is 0.202. The fraction of sp³-hybridized carbons (Fsp3) is 0.923. The minimum Gasteiger partial charge on any atom is -0.341 e. The number of nitrogens with zero attached hydrogens (tertiary/aromatic N) is 1. The van der Waals surface area contributed by atoms with Crippen molar-refractivity contribution >= 4 is 5.91 Å². The van der Waals surface area contributed by atoms with E-state index in [1.165, 1.54) is 0 Å². The number of carbonyl (C=O) groups excluding carboxylic acids is 1. The molecule has 1 rings (SSSR count). The SMILES string of the molecule is CCNC(CN1CCCCC1=O)C(C)(C)C. The van der Waals surface area contributed by atoms with Crippen LogP contribution >= 0.6 is 0 Å². The van der Waals surface area contributed by atoms with E-state index in [-0.39, 0.29) is 5.41 Å². The molecule has 1 saturated heterocycles. The molecule has 1 heterocycles. The van der Waals surface area contributed by atoms with Crippen LogP contribution in [0.4, 0.5) is 0 Å². The quantitative estimate of drug-likeness (QED) is 0.795. The van der Waals surface area contributed by atoms with Gasteiger partial charge in [0.25, 0.3) is 0 Å². The molecular formula is C13H26N2O. The van der Waals surface area contributed by atoms with E-state index < -0.39 is 0 Å². The molecule has 16 heavy (non-hydrogen) atoms. The predicted molar refractivity (Wildman–Crippen MR) is 67.4 cm³/mol. The molecule has 1 atom stereocenters. The van der Waals surface area contributed by atoms with Crippen LogP contribution in [0.25, 0.3) is 0 Å². The van der Waals surface area contributed by atoms with Crippen molar-refractivity contribution in [1.29, 1.82) is 0 Å². The summed E-state index contributed by atoms with van der Waals surface area (Å²) in [4.78, 5) is 13.8. The largest absolute Gasteiger partial charge is 0.341 e. The minimum atomic E-state index is 0.202. The molecule has 1 aliphatic heterocycles. The van der Waals surface area contributed by atoms with Crippen molar-refractivity contribution in [2.75, 3.05) is 19.6 Å². The van der Waals surface area contributed by atoms with E-state index in [9.17, 15) is 4.79 Å². The zero-order valence-corrected chi connectivity index (χ0v) is 11.2. The van der Waals surface area contributed by atoms with Crippen LogP contribution in [-0.4, -0.2) is 36.5 Å². The summed E-state index contributed by atoms with van der Waals surface area (Å²) in [5, 5.41) is 3.50. The molecule has 0 saturated carbocycles. The van der Waals surface area contributed by atoms with Crippen LogP contribution in [0, 0.1) is 5.41 Å². The third-order valence-corrected chi connectivity index (χ3v) is 3.32. The summed E-state index contributed by atoms with van der Waals surface area (Å²) in [6.45, 7) is 11.6. The third-order valence-electron chi connectivity index (χ3n) is 3.32. The van der Waals surface area contributed by atoms with Crippen molar-refractivity contribution in [2.24, 2.45) is 5.41 Å². The van der Waals surface area contributed by atoms with Crippen LogP contribution in [0.2, 0.25) is 0 Å². The molecule has 0 aromatic heterocycles. The Hall–Kier alpha value is -0.570. The molecule has 1 amide bonds. The average Bonchev–Trinajstić information content (AvgIpc) is 2.19. The van der Waals surface area contributed by atoms with Gasteiger partial charge in [-0.1, -0.05) is 27.7 Å². The van der Waals surface area contributed by atoms with Crippen LogP contribution in [0.15, 0.2) is 0 Å². The van der Waals surface area contributed by atoms with Crippen molar-refractivity contribution in [2.45, 2.75) is 53.0 Å². The van der Waals surface area contributed by atoms with Crippen LogP contribution < -0.4 is 5.32 Å². The Labute approximate surface area is 99.6 Å². The highest BCUT2D eigenvalue weighted by Gasteiger charge is 2.28. The summed E-state index contributed by atoms with van der Waals surface area (Å²) in [5.41, 5.74) is 0.202. The summed E-state index contributed by atoms with van der Waals surface area (Å²) in [6, 6.07) is 0.388. The molecule has 3 heteroatoms. The van der Waals surface area contributed by atoms with Gasteiger partial charge in [0.15, 0.2) is 0 Å². The summed E-state index contributed by atoms with van der Waals surface area (Å²) in [5.74, 6) is 0.332. The molecule has 0 bridgehead atoms. The Morgan fingerprint density at radius 1 is 1.38 bits per heavy atom. The highest BCUT2D eigenvalue weighted by molar-refractivity contribution is 5.76. The van der Waals surface area contributed by atoms with E-state index in [1.54, 1.807) is 0 Å². The Morgan fingerprint density at radius 3 is 2.56 bits per heavy atom. The molecule has 94 valence electrons. The topological polar surface area (TPSA) is 32.3 Å². The first-order chi connectivity index (χ1) is 7.45. The second-order valence-corrected chi connectivity index (χ2v) is 5.77. The molecule has 0 spiro atoms. The molecule has 1 fully saturated rings. The average molecular weight is 226 g/mol. The van der Waals surface area contributed by atoms with Crippen molar-refractivity contribution in [3.63, 3.8) is 0 Å². The molecule has 3 nitrogen and oxygen atoms in total. The highest BCUT2D eigenvalue weighted by atomic mass is 16.2. The number of carbonyl (C=O) groups is 1. The lowest BCUT2D eigenvalue weighted by Gasteiger charge is -2.37. The highest BCUT2D eigenvalue weighted by Crippen LogP contribution is 2.21. The number of hydrogen-bond acceptors (Lipinski definition) is 2. The van der Waals surface area contributed by atoms with E-state index in [2.05, 4.69) is 33.0 Å². The first kappa shape index (κ1) is 13.5. The summed E-state index contributed by atoms with van der Waals surface area (Å²) in [7, 11) is 0. The van der Waals surface area contributed by atoms with E-state index >= 15 is 0 Å². The van der Waals surface area contributed by atoms with Crippen LogP contribution in [0.5, 0.6) is 0 Å². The predicted octanol–water partition coefficient (Wildman–Crippen LogP) is 2.02. The lowest BCUT2D eigenvalue weighted by Crippen LogP contribution is -2.51. The molecule has 0 aromatic rings. The number of rotatable bonds is 4. The monoisotopic (exact) mass is 226 g/mol. The van der Waals surface area contributed by atoms with Gasteiger partial charge >= 0.3 is 0 Å². The fourth-order valence-electron chi connectivity index (χ4n) is 2.17. The van der Waals surface area contributed by atoms with Gasteiger partial charge in [-0.15, -0.1) is 0 Å². The maximum Gasteiger partial charge on any atom is 0.222 e. The standard InChI is InChI=1S/C13H26N2O/c1-5-14-11(13(2,3)4)10-15-9-7-6-8-12(15)16/h11,14H,5-10H2,1-4H3. The molecule has 1 N–H and O–H groups in total. The van der Waals surface area contributed by atoms with Gasteiger partial charge in [0, 0.05) is 25.6 Å². The van der Waals surface area contributed by atoms with E-state index in [0.29, 0.717) is 11.9 Å². The van der Waals surface area contributed by atoms with Gasteiger partial charge in [0.2, 0.25) is 5.91 Å². The third kappa shape index (κ3) is 3.78. The number of piperidine rings is 1. The normalized spacial score (nSPS) is 20.0. The van der Waals surface area contributed by atoms with Crippen LogP contribution in [0.1, 0.15) is 47.0 Å². The lowest BCUT2D eigenvalue weighted by molar-refractivity contribution is -0.134. The van der Waals surface area contributed by atoms with Gasteiger partial charge in [-0.3, -0.25) is 4.79 Å². The van der Waals surface area contributed by atoms with Crippen LogP contribution in [0.3, 0.4) is 0 Å². The second-order valence-electron chi connectivity index (χ2n) is 5.77. The summed E-state index contributed by atoms with van der Waals surface area (Å²) < 4.78 is 0. The number of nitrogens with one attached hydrogen (secondary N) is 1. The van der Waals surface area contributed by atoms with Crippen molar-refractivity contribution in [3.8, 4) is 0 Å². The number of hydrogen-bond donors (Lipinski definition) is 1. The van der Waals surface area contributed by atoms with E-state index in [4.69, 9.17) is 0 Å². The molecule has 0 aromatic carbocycles. The summed E-state index contributed by atoms with van der Waals surface area (Å²) in [6.07, 6.45) is 2.97. The van der Waals surface area contributed by atoms with Gasteiger partial charge in [-0.2, -0.15) is 0 Å². The molecule has 0 aliphatic carbocycles. The second kappa shape index (κ2) is 5.67. The maximum atomic E-state index is 11.8. The summed E-state index contributed by atoms with van der Waals surface area (Å²) >= 11 is 0. The number of likely N-dealkylation sites (N-methyl/N-ethyl adjacent to an activating group) is 1. The van der Waals surface area contributed by atoms with Crippen molar-refractivity contribution < 1.29 is 4.79 Å². The Morgan fingerprint density at radius 2 is 2.06 bits per heavy atom. The first-order valence-electron chi connectivity index (χ1n) is 6.46. The molecule has 1 unspecified atom stereocenters. The van der Waals surface area contributed by atoms with Gasteiger partial charge in [0.05, 0.1) is 0 Å². The van der Waals surface area contributed by atoms with E-state index in [0.717, 1.165) is 38.9 Å². The van der Waals surface area contributed by atoms with Gasteiger partial charge < -0.3 is 10.2 Å². The zero-order valence-electron chi connectivity index (χ0n) is 11.2. The number of amides is 1. The molecular weight excluding hydrogens is 200 g/mol. The van der Waals surface area contributed by atoms with Crippen LogP contribution in [-0.2, 0) is 4.79 Å². The van der Waals surface area contributed by atoms with Crippen molar-refractivity contribution in [3.05, 3.63) is 0 Å².